The number of anilines is 2. The summed E-state index contributed by atoms with van der Waals surface area (Å²) in [5, 5.41) is 33.6. The number of carbonyl (C=O) groups excluding carboxylic acids is 1. The normalized spacial score (nSPS) is 11.4. The first-order valence-electron chi connectivity index (χ1n) is 10.4. The lowest BCUT2D eigenvalue weighted by Crippen LogP contribution is -2.14. The summed E-state index contributed by atoms with van der Waals surface area (Å²) in [6, 6.07) is 18.4. The van der Waals surface area contributed by atoms with Crippen LogP contribution in [-0.2, 0) is 14.8 Å². The van der Waals surface area contributed by atoms with Crippen molar-refractivity contribution in [3.63, 3.8) is 0 Å². The third kappa shape index (κ3) is 5.42. The molecule has 0 heterocycles. The van der Waals surface area contributed by atoms with Crippen molar-refractivity contribution in [1.82, 2.24) is 0 Å². The third-order valence-electron chi connectivity index (χ3n) is 5.09. The van der Waals surface area contributed by atoms with Crippen molar-refractivity contribution in [3.8, 4) is 11.5 Å². The molecule has 36 heavy (non-hydrogen) atoms. The van der Waals surface area contributed by atoms with E-state index in [-0.39, 0.29) is 27.8 Å². The Kier molecular flexibility index (Phi) is 6.57. The molecule has 0 spiro atoms. The highest BCUT2D eigenvalue weighted by Gasteiger charge is 2.19. The zero-order chi connectivity index (χ0) is 25.9. The predicted octanol–water partition coefficient (Wildman–Crippen LogP) is 4.61. The second kappa shape index (κ2) is 9.76. The molecular formula is C25H19N3O7S. The first-order valence-corrected chi connectivity index (χ1v) is 11.9. The molecular weight excluding hydrogens is 486 g/mol. The summed E-state index contributed by atoms with van der Waals surface area (Å²) in [4.78, 5) is 22.8. The number of nitro groups is 1. The molecule has 0 saturated heterocycles. The van der Waals surface area contributed by atoms with Gasteiger partial charge in [0, 0.05) is 40.7 Å². The second-order valence-electron chi connectivity index (χ2n) is 7.68. The fourth-order valence-electron chi connectivity index (χ4n) is 3.58. The quantitative estimate of drug-likeness (QED) is 0.162. The van der Waals surface area contributed by atoms with Gasteiger partial charge in [-0.2, -0.15) is 0 Å². The number of sulfonamides is 1. The number of benzene rings is 4. The molecule has 0 saturated carbocycles. The van der Waals surface area contributed by atoms with Gasteiger partial charge in [0.05, 0.1) is 15.5 Å². The maximum atomic E-state index is 13.1. The monoisotopic (exact) mass is 505 g/mol. The number of rotatable bonds is 7. The highest BCUT2D eigenvalue weighted by atomic mass is 32.2. The number of amides is 1. The van der Waals surface area contributed by atoms with E-state index < -0.39 is 20.9 Å². The molecule has 0 aliphatic rings. The van der Waals surface area contributed by atoms with Crippen LogP contribution in [0.5, 0.6) is 11.5 Å². The summed E-state index contributed by atoms with van der Waals surface area (Å²) in [6.07, 6.45) is 2.61. The van der Waals surface area contributed by atoms with Gasteiger partial charge in [-0.25, -0.2) is 8.42 Å². The van der Waals surface area contributed by atoms with E-state index in [1.807, 2.05) is 0 Å². The number of phenols is 2. The Balaban J connectivity index is 1.62. The standard InChI is InChI=1S/C25H19N3O7S/c29-19-12-16(13-20(30)15-19)10-11-25(31)26-23-8-2-7-22-21(23)6-3-9-24(22)36(34,35)27-17-4-1-5-18(14-17)28(32)33/h1-15,27,29-30H,(H,26,31). The number of non-ortho nitro benzene ring substituents is 1. The van der Waals surface area contributed by atoms with E-state index in [0.717, 1.165) is 12.1 Å². The molecule has 10 nitrogen and oxygen atoms in total. The van der Waals surface area contributed by atoms with E-state index >= 15 is 0 Å². The topological polar surface area (TPSA) is 159 Å². The number of nitrogens with one attached hydrogen (secondary N) is 2. The van der Waals surface area contributed by atoms with E-state index in [1.165, 1.54) is 54.6 Å². The van der Waals surface area contributed by atoms with Gasteiger partial charge in [0.2, 0.25) is 5.91 Å². The number of nitro benzene ring substituents is 1. The minimum Gasteiger partial charge on any atom is -0.508 e. The zero-order valence-corrected chi connectivity index (χ0v) is 19.3. The number of aromatic hydroxyl groups is 2. The van der Waals surface area contributed by atoms with Crippen LogP contribution >= 0.6 is 0 Å². The lowest BCUT2D eigenvalue weighted by Gasteiger charge is -2.13. The second-order valence-corrected chi connectivity index (χ2v) is 9.33. The molecule has 0 atom stereocenters. The summed E-state index contributed by atoms with van der Waals surface area (Å²) in [5.74, 6) is -0.832. The van der Waals surface area contributed by atoms with Crippen molar-refractivity contribution in [2.45, 2.75) is 4.90 Å². The number of nitrogens with zero attached hydrogens (tertiary/aromatic N) is 1. The molecule has 1 amide bonds. The van der Waals surface area contributed by atoms with Crippen LogP contribution in [-0.4, -0.2) is 29.5 Å². The Bertz CT molecular complexity index is 1610. The highest BCUT2D eigenvalue weighted by molar-refractivity contribution is 7.93. The molecule has 4 N–H and O–H groups in total. The molecule has 182 valence electrons. The molecule has 0 unspecified atom stereocenters. The summed E-state index contributed by atoms with van der Waals surface area (Å²) in [6.45, 7) is 0. The van der Waals surface area contributed by atoms with Crippen molar-refractivity contribution >= 4 is 49.8 Å². The Labute approximate surface area is 205 Å². The molecule has 4 aromatic rings. The third-order valence-corrected chi connectivity index (χ3v) is 6.53. The van der Waals surface area contributed by atoms with Crippen molar-refractivity contribution in [2.75, 3.05) is 10.0 Å². The van der Waals surface area contributed by atoms with Crippen LogP contribution in [0, 0.1) is 10.1 Å². The van der Waals surface area contributed by atoms with Gasteiger partial charge < -0.3 is 15.5 Å². The largest absolute Gasteiger partial charge is 0.508 e. The highest BCUT2D eigenvalue weighted by Crippen LogP contribution is 2.30. The Morgan fingerprint density at radius 1 is 0.889 bits per heavy atom. The van der Waals surface area contributed by atoms with Gasteiger partial charge in [0.1, 0.15) is 11.5 Å². The van der Waals surface area contributed by atoms with Crippen molar-refractivity contribution < 1.29 is 28.3 Å². The lowest BCUT2D eigenvalue weighted by molar-refractivity contribution is -0.384. The Hall–Kier alpha value is -4.90. The van der Waals surface area contributed by atoms with E-state index in [2.05, 4.69) is 10.0 Å². The maximum absolute atomic E-state index is 13.1. The molecule has 0 fully saturated rings. The van der Waals surface area contributed by atoms with E-state index in [9.17, 15) is 33.5 Å². The van der Waals surface area contributed by atoms with E-state index in [0.29, 0.717) is 22.0 Å². The fraction of sp³-hybridized carbons (Fsp3) is 0. The summed E-state index contributed by atoms with van der Waals surface area (Å²) >= 11 is 0. The first-order chi connectivity index (χ1) is 17.1. The number of fused-ring (bicyclic) bond motifs is 1. The van der Waals surface area contributed by atoms with Gasteiger partial charge >= 0.3 is 0 Å². The average molecular weight is 506 g/mol. The molecule has 4 aromatic carbocycles. The van der Waals surface area contributed by atoms with Crippen LogP contribution < -0.4 is 10.0 Å². The van der Waals surface area contributed by atoms with Gasteiger partial charge in [0.15, 0.2) is 0 Å². The molecule has 11 heteroatoms. The molecule has 0 aliphatic carbocycles. The fourth-order valence-corrected chi connectivity index (χ4v) is 4.85. The minimum absolute atomic E-state index is 0.0359. The van der Waals surface area contributed by atoms with Crippen LogP contribution in [0.25, 0.3) is 16.8 Å². The summed E-state index contributed by atoms with van der Waals surface area (Å²) in [5.41, 5.74) is 0.537. The van der Waals surface area contributed by atoms with Gasteiger partial charge in [-0.15, -0.1) is 0 Å². The smallest absolute Gasteiger partial charge is 0.271 e. The van der Waals surface area contributed by atoms with Crippen LogP contribution in [0.3, 0.4) is 0 Å². The predicted molar refractivity (Wildman–Crippen MR) is 135 cm³/mol. The zero-order valence-electron chi connectivity index (χ0n) is 18.5. The molecule has 0 aromatic heterocycles. The molecule has 4 rings (SSSR count). The SMILES string of the molecule is O=C(C=Cc1cc(O)cc(O)c1)Nc1cccc2c(S(=O)(=O)Nc3cccc([N+](=O)[O-])c3)cccc12. The lowest BCUT2D eigenvalue weighted by atomic mass is 10.1. The van der Waals surface area contributed by atoms with Gasteiger partial charge in [-0.05, 0) is 42.0 Å². The van der Waals surface area contributed by atoms with Crippen molar-refractivity contribution in [1.29, 1.82) is 0 Å². The van der Waals surface area contributed by atoms with Crippen molar-refractivity contribution in [3.05, 3.63) is 101 Å². The number of carbonyl (C=O) groups is 1. The molecule has 0 bridgehead atoms. The minimum atomic E-state index is -4.13. The van der Waals surface area contributed by atoms with Crippen LogP contribution in [0.4, 0.5) is 17.1 Å². The van der Waals surface area contributed by atoms with Gasteiger partial charge in [0.25, 0.3) is 15.7 Å². The van der Waals surface area contributed by atoms with E-state index in [1.54, 1.807) is 24.3 Å². The summed E-state index contributed by atoms with van der Waals surface area (Å²) in [7, 11) is -4.13. The number of hydrogen-bond acceptors (Lipinski definition) is 7. The average Bonchev–Trinajstić information content (AvgIpc) is 2.82. The van der Waals surface area contributed by atoms with Crippen LogP contribution in [0.1, 0.15) is 5.56 Å². The Morgan fingerprint density at radius 2 is 1.56 bits per heavy atom. The molecule has 0 radical (unpaired) electrons. The summed E-state index contributed by atoms with van der Waals surface area (Å²) < 4.78 is 28.6. The number of hydrogen-bond donors (Lipinski definition) is 4. The Morgan fingerprint density at radius 3 is 2.28 bits per heavy atom. The van der Waals surface area contributed by atoms with Crippen LogP contribution in [0.15, 0.2) is 89.8 Å². The first kappa shape index (κ1) is 24.2. The van der Waals surface area contributed by atoms with Gasteiger partial charge in [-0.1, -0.05) is 30.3 Å². The number of phenolic OH excluding ortho intramolecular Hbond substituents is 2. The van der Waals surface area contributed by atoms with Crippen LogP contribution in [0.2, 0.25) is 0 Å². The molecule has 0 aliphatic heterocycles. The van der Waals surface area contributed by atoms with E-state index in [4.69, 9.17) is 0 Å². The van der Waals surface area contributed by atoms with Gasteiger partial charge in [-0.3, -0.25) is 19.6 Å². The maximum Gasteiger partial charge on any atom is 0.271 e. The van der Waals surface area contributed by atoms with Crippen molar-refractivity contribution in [2.24, 2.45) is 0 Å².